The number of thioether (sulfide) groups is 1. The van der Waals surface area contributed by atoms with Crippen LogP contribution in [-0.4, -0.2) is 49.1 Å². The van der Waals surface area contributed by atoms with Gasteiger partial charge in [-0.05, 0) is 62.2 Å². The molecule has 2 nitrogen and oxygen atoms in total. The second-order valence-electron chi connectivity index (χ2n) is 5.46. The highest BCUT2D eigenvalue weighted by Gasteiger charge is 2.16. The van der Waals surface area contributed by atoms with Crippen molar-refractivity contribution in [3.8, 4) is 0 Å². The molecule has 0 aromatic rings. The smallest absolute Gasteiger partial charge is 0.0107 e. The molecule has 94 valence electrons. The fourth-order valence-corrected chi connectivity index (χ4v) is 3.86. The molecule has 16 heavy (non-hydrogen) atoms. The fraction of sp³-hybridized carbons (Fsp3) is 1.00. The molecule has 2 rings (SSSR count). The molecule has 0 amide bonds. The molecule has 0 spiro atoms. The molecule has 0 saturated carbocycles. The van der Waals surface area contributed by atoms with E-state index in [4.69, 9.17) is 0 Å². The van der Waals surface area contributed by atoms with Crippen LogP contribution < -0.4 is 5.32 Å². The highest BCUT2D eigenvalue weighted by Crippen LogP contribution is 2.22. The minimum absolute atomic E-state index is 0.950. The van der Waals surface area contributed by atoms with Crippen LogP contribution in [0.4, 0.5) is 0 Å². The highest BCUT2D eigenvalue weighted by atomic mass is 32.2. The zero-order valence-electron chi connectivity index (χ0n) is 10.6. The van der Waals surface area contributed by atoms with E-state index in [1.165, 1.54) is 63.5 Å². The van der Waals surface area contributed by atoms with Crippen LogP contribution in [0.3, 0.4) is 0 Å². The first-order valence-electron chi connectivity index (χ1n) is 6.85. The van der Waals surface area contributed by atoms with E-state index in [1.54, 1.807) is 0 Å². The van der Waals surface area contributed by atoms with Crippen LogP contribution in [0.15, 0.2) is 0 Å². The summed E-state index contributed by atoms with van der Waals surface area (Å²) in [6, 6.07) is 0. The summed E-state index contributed by atoms with van der Waals surface area (Å²) in [6.45, 7) is 8.72. The molecule has 0 aromatic heterocycles. The first-order valence-corrected chi connectivity index (χ1v) is 8.01. The Labute approximate surface area is 105 Å². The van der Waals surface area contributed by atoms with Crippen molar-refractivity contribution >= 4 is 11.8 Å². The van der Waals surface area contributed by atoms with Crippen LogP contribution in [0.2, 0.25) is 0 Å². The Balaban J connectivity index is 1.48. The van der Waals surface area contributed by atoms with Gasteiger partial charge in [-0.15, -0.1) is 0 Å². The summed E-state index contributed by atoms with van der Waals surface area (Å²) in [5.41, 5.74) is 0. The second kappa shape index (κ2) is 6.87. The molecule has 2 saturated heterocycles. The van der Waals surface area contributed by atoms with Gasteiger partial charge in [0.05, 0.1) is 0 Å². The van der Waals surface area contributed by atoms with Gasteiger partial charge in [0, 0.05) is 13.1 Å². The maximum atomic E-state index is 3.63. The lowest BCUT2D eigenvalue weighted by Crippen LogP contribution is -2.38. The molecule has 0 radical (unpaired) electrons. The van der Waals surface area contributed by atoms with Crippen molar-refractivity contribution in [1.29, 1.82) is 0 Å². The van der Waals surface area contributed by atoms with E-state index in [2.05, 4.69) is 28.9 Å². The third-order valence-electron chi connectivity index (χ3n) is 3.94. The number of nitrogens with zero attached hydrogens (tertiary/aromatic N) is 1. The average Bonchev–Trinajstić information content (AvgIpc) is 2.80. The zero-order valence-corrected chi connectivity index (χ0v) is 11.4. The number of hydrogen-bond acceptors (Lipinski definition) is 3. The Morgan fingerprint density at radius 3 is 2.75 bits per heavy atom. The van der Waals surface area contributed by atoms with Gasteiger partial charge in [-0.3, -0.25) is 0 Å². The lowest BCUT2D eigenvalue weighted by Gasteiger charge is -2.30. The lowest BCUT2D eigenvalue weighted by molar-refractivity contribution is 0.192. The fourth-order valence-electron chi connectivity index (χ4n) is 2.57. The van der Waals surface area contributed by atoms with Crippen molar-refractivity contribution in [2.45, 2.75) is 26.2 Å². The monoisotopic (exact) mass is 242 g/mol. The van der Waals surface area contributed by atoms with Gasteiger partial charge in [0.2, 0.25) is 0 Å². The molecule has 0 bridgehead atoms. The lowest BCUT2D eigenvalue weighted by atomic mass is 9.99. The number of likely N-dealkylation sites (tertiary alicyclic amines) is 1. The van der Waals surface area contributed by atoms with Gasteiger partial charge in [-0.1, -0.05) is 6.92 Å². The summed E-state index contributed by atoms with van der Waals surface area (Å²) in [4.78, 5) is 2.62. The first kappa shape index (κ1) is 12.7. The van der Waals surface area contributed by atoms with Crippen molar-refractivity contribution in [2.75, 3.05) is 44.2 Å². The van der Waals surface area contributed by atoms with Crippen molar-refractivity contribution in [1.82, 2.24) is 10.2 Å². The Morgan fingerprint density at radius 1 is 1.25 bits per heavy atom. The minimum atomic E-state index is 0.950. The van der Waals surface area contributed by atoms with Gasteiger partial charge in [0.25, 0.3) is 0 Å². The summed E-state index contributed by atoms with van der Waals surface area (Å²) in [5, 5.41) is 3.63. The molecule has 1 atom stereocenters. The van der Waals surface area contributed by atoms with Gasteiger partial charge in [-0.2, -0.15) is 11.8 Å². The van der Waals surface area contributed by atoms with Crippen LogP contribution >= 0.6 is 11.8 Å². The molecule has 2 aliphatic rings. The predicted octanol–water partition coefficient (Wildman–Crippen LogP) is 2.06. The third kappa shape index (κ3) is 4.27. The number of rotatable bonds is 5. The van der Waals surface area contributed by atoms with Gasteiger partial charge >= 0.3 is 0 Å². The molecule has 2 aliphatic heterocycles. The standard InChI is InChI=1S/C13H26N2S/c1-12-2-6-15(7-3-12)8-5-14-10-13-4-9-16-11-13/h12-14H,2-11H2,1H3. The van der Waals surface area contributed by atoms with Crippen molar-refractivity contribution in [3.05, 3.63) is 0 Å². The Morgan fingerprint density at radius 2 is 2.06 bits per heavy atom. The van der Waals surface area contributed by atoms with Gasteiger partial charge in [-0.25, -0.2) is 0 Å². The van der Waals surface area contributed by atoms with E-state index in [0.29, 0.717) is 0 Å². The topological polar surface area (TPSA) is 15.3 Å². The molecular weight excluding hydrogens is 216 g/mol. The molecule has 1 N–H and O–H groups in total. The maximum Gasteiger partial charge on any atom is 0.0107 e. The normalized spacial score (nSPS) is 28.7. The minimum Gasteiger partial charge on any atom is -0.315 e. The second-order valence-corrected chi connectivity index (χ2v) is 6.61. The molecule has 2 fully saturated rings. The number of nitrogens with one attached hydrogen (secondary N) is 1. The van der Waals surface area contributed by atoms with E-state index >= 15 is 0 Å². The van der Waals surface area contributed by atoms with Crippen molar-refractivity contribution < 1.29 is 0 Å². The number of piperidine rings is 1. The molecule has 0 aromatic carbocycles. The average molecular weight is 242 g/mol. The summed E-state index contributed by atoms with van der Waals surface area (Å²) in [7, 11) is 0. The van der Waals surface area contributed by atoms with E-state index in [0.717, 1.165) is 11.8 Å². The summed E-state index contributed by atoms with van der Waals surface area (Å²) in [5.74, 6) is 4.68. The molecule has 0 aliphatic carbocycles. The van der Waals surface area contributed by atoms with Crippen LogP contribution in [0.25, 0.3) is 0 Å². The molecular formula is C13H26N2S. The van der Waals surface area contributed by atoms with Gasteiger partial charge in [0.1, 0.15) is 0 Å². The highest BCUT2D eigenvalue weighted by molar-refractivity contribution is 7.99. The zero-order chi connectivity index (χ0) is 11.2. The molecule has 2 heterocycles. The first-order chi connectivity index (χ1) is 7.84. The predicted molar refractivity (Wildman–Crippen MR) is 73.1 cm³/mol. The van der Waals surface area contributed by atoms with Crippen LogP contribution in [0, 0.1) is 11.8 Å². The van der Waals surface area contributed by atoms with Crippen LogP contribution in [0.1, 0.15) is 26.2 Å². The summed E-state index contributed by atoms with van der Waals surface area (Å²) >= 11 is 2.12. The van der Waals surface area contributed by atoms with Gasteiger partial charge < -0.3 is 10.2 Å². The van der Waals surface area contributed by atoms with Gasteiger partial charge in [0.15, 0.2) is 0 Å². The molecule has 1 unspecified atom stereocenters. The molecule has 3 heteroatoms. The Hall–Kier alpha value is 0.270. The summed E-state index contributed by atoms with van der Waals surface area (Å²) < 4.78 is 0. The SMILES string of the molecule is CC1CCN(CCNCC2CCSC2)CC1. The van der Waals surface area contributed by atoms with E-state index in [-0.39, 0.29) is 0 Å². The van der Waals surface area contributed by atoms with Crippen LogP contribution in [0.5, 0.6) is 0 Å². The van der Waals surface area contributed by atoms with E-state index in [9.17, 15) is 0 Å². The van der Waals surface area contributed by atoms with Crippen molar-refractivity contribution in [3.63, 3.8) is 0 Å². The van der Waals surface area contributed by atoms with Crippen LogP contribution in [-0.2, 0) is 0 Å². The maximum absolute atomic E-state index is 3.63. The van der Waals surface area contributed by atoms with Crippen molar-refractivity contribution in [2.24, 2.45) is 11.8 Å². The Kier molecular flexibility index (Phi) is 5.46. The third-order valence-corrected chi connectivity index (χ3v) is 5.17. The quantitative estimate of drug-likeness (QED) is 0.743. The Bertz CT molecular complexity index is 184. The largest absolute Gasteiger partial charge is 0.315 e. The number of hydrogen-bond donors (Lipinski definition) is 1. The van der Waals surface area contributed by atoms with E-state index in [1.807, 2.05) is 0 Å². The van der Waals surface area contributed by atoms with E-state index < -0.39 is 0 Å². The summed E-state index contributed by atoms with van der Waals surface area (Å²) in [6.07, 6.45) is 4.23.